The van der Waals surface area contributed by atoms with E-state index < -0.39 is 68.5 Å². The monoisotopic (exact) mass is 696 g/mol. The van der Waals surface area contributed by atoms with Crippen LogP contribution >= 0.6 is 7.67 Å². The van der Waals surface area contributed by atoms with E-state index in [0.29, 0.717) is 17.0 Å². The van der Waals surface area contributed by atoms with E-state index in [-0.39, 0.29) is 36.7 Å². The molecule has 0 aromatic carbocycles. The lowest BCUT2D eigenvalue weighted by Gasteiger charge is -2.30. The second kappa shape index (κ2) is 14.1. The van der Waals surface area contributed by atoms with Gasteiger partial charge in [0.1, 0.15) is 18.2 Å². The van der Waals surface area contributed by atoms with E-state index in [2.05, 4.69) is 30.4 Å². The van der Waals surface area contributed by atoms with Crippen LogP contribution < -0.4 is 21.2 Å². The van der Waals surface area contributed by atoms with Gasteiger partial charge in [-0.05, 0) is 44.4 Å². The Labute approximate surface area is 278 Å². The molecule has 1 saturated carbocycles. The number of nitrogens with one attached hydrogen (secondary N) is 3. The molecule has 19 heteroatoms. The molecule has 2 aromatic rings. The normalized spacial score (nSPS) is 26.1. The van der Waals surface area contributed by atoms with Gasteiger partial charge >= 0.3 is 25.8 Å². The fourth-order valence-electron chi connectivity index (χ4n) is 5.92. The molecule has 2 saturated heterocycles. The summed E-state index contributed by atoms with van der Waals surface area (Å²) in [5.41, 5.74) is 5.43. The molecule has 5 N–H and O–H groups in total. The number of hydrogen-bond donors (Lipinski definition) is 4. The summed E-state index contributed by atoms with van der Waals surface area (Å²) in [6.45, 7) is 8.76. The van der Waals surface area contributed by atoms with Crippen molar-refractivity contribution < 1.29 is 47.2 Å². The summed E-state index contributed by atoms with van der Waals surface area (Å²) in [6.07, 6.45) is -0.0451. The zero-order valence-electron chi connectivity index (χ0n) is 28.1. The van der Waals surface area contributed by atoms with E-state index in [1.807, 2.05) is 27.7 Å². The van der Waals surface area contributed by atoms with Crippen molar-refractivity contribution >= 4 is 48.7 Å². The molecular formula is C29H45N8O10P. The summed E-state index contributed by atoms with van der Waals surface area (Å²) in [5.74, 6) is -0.856. The number of ether oxygens (including phenoxy) is 5. The maximum atomic E-state index is 14.6. The zero-order chi connectivity index (χ0) is 35.0. The van der Waals surface area contributed by atoms with Crippen LogP contribution in [0, 0.1) is 11.8 Å². The first-order valence-corrected chi connectivity index (χ1v) is 17.6. The van der Waals surface area contributed by atoms with Crippen molar-refractivity contribution in [1.29, 1.82) is 0 Å². The van der Waals surface area contributed by atoms with Gasteiger partial charge in [-0.1, -0.05) is 27.7 Å². The summed E-state index contributed by atoms with van der Waals surface area (Å²) >= 11 is 0. The summed E-state index contributed by atoms with van der Waals surface area (Å²) in [4.78, 5) is 51.2. The Morgan fingerprint density at radius 1 is 1.08 bits per heavy atom. The summed E-state index contributed by atoms with van der Waals surface area (Å²) < 4.78 is 49.7. The molecule has 266 valence electrons. The lowest BCUT2D eigenvalue weighted by molar-refractivity contribution is -0.143. The number of nitrogens with two attached hydrogens (primary N) is 1. The number of carbonyl (C=O) groups excluding carboxylic acids is 3. The topological polar surface area (TPSA) is 229 Å². The van der Waals surface area contributed by atoms with Crippen molar-refractivity contribution in [3.8, 4) is 0 Å². The SMILES string of the molecule is COC(=O)C(CC(C)C)NP(=O)(NC(CC(C)C)C(=O)OC)OC[C@H]1O[C@@H](n2cnc3c(NC4CC4)nc(N)nc32)C2(C)OC(=O)OC12. The molecule has 6 atom stereocenters. The van der Waals surface area contributed by atoms with Crippen molar-refractivity contribution in [3.05, 3.63) is 6.33 Å². The van der Waals surface area contributed by atoms with Gasteiger partial charge in [-0.15, -0.1) is 0 Å². The Balaban J connectivity index is 1.44. The average Bonchev–Trinajstić information content (AvgIpc) is 3.56. The zero-order valence-corrected chi connectivity index (χ0v) is 29.0. The fourth-order valence-corrected chi connectivity index (χ4v) is 7.74. The predicted octanol–water partition coefficient (Wildman–Crippen LogP) is 2.65. The van der Waals surface area contributed by atoms with Crippen LogP contribution in [-0.2, 0) is 42.4 Å². The van der Waals surface area contributed by atoms with Crippen LogP contribution in [0.15, 0.2) is 6.33 Å². The van der Waals surface area contributed by atoms with Crippen LogP contribution in [0.5, 0.6) is 0 Å². The smallest absolute Gasteiger partial charge is 0.468 e. The van der Waals surface area contributed by atoms with Gasteiger partial charge in [0, 0.05) is 6.04 Å². The highest BCUT2D eigenvalue weighted by Crippen LogP contribution is 2.49. The average molecular weight is 697 g/mol. The molecule has 5 rings (SSSR count). The van der Waals surface area contributed by atoms with Gasteiger partial charge in [-0.2, -0.15) is 9.97 Å². The van der Waals surface area contributed by atoms with E-state index in [9.17, 15) is 18.9 Å². The van der Waals surface area contributed by atoms with Gasteiger partial charge in [0.2, 0.25) is 5.95 Å². The third-order valence-corrected chi connectivity index (χ3v) is 10.1. The van der Waals surface area contributed by atoms with E-state index >= 15 is 0 Å². The van der Waals surface area contributed by atoms with Crippen molar-refractivity contribution in [3.63, 3.8) is 0 Å². The molecule has 1 aliphatic carbocycles. The minimum absolute atomic E-state index is 0.000334. The van der Waals surface area contributed by atoms with Gasteiger partial charge in [0.15, 0.2) is 34.9 Å². The lowest BCUT2D eigenvalue weighted by Crippen LogP contribution is -2.46. The third kappa shape index (κ3) is 7.67. The van der Waals surface area contributed by atoms with Crippen LogP contribution in [0.25, 0.3) is 11.2 Å². The van der Waals surface area contributed by atoms with E-state index in [0.717, 1.165) is 12.8 Å². The molecule has 48 heavy (non-hydrogen) atoms. The van der Waals surface area contributed by atoms with Crippen LogP contribution in [0.1, 0.15) is 66.5 Å². The van der Waals surface area contributed by atoms with Crippen LogP contribution in [-0.4, -0.2) is 94.4 Å². The Bertz CT molecular complexity index is 1530. The van der Waals surface area contributed by atoms with Crippen molar-refractivity contribution in [2.45, 2.75) is 102 Å². The largest absolute Gasteiger partial charge is 0.509 e. The number of nitrogen functional groups attached to an aromatic ring is 1. The highest BCUT2D eigenvalue weighted by atomic mass is 31.2. The maximum absolute atomic E-state index is 14.6. The van der Waals surface area contributed by atoms with Gasteiger partial charge in [-0.3, -0.25) is 18.7 Å². The third-order valence-electron chi connectivity index (χ3n) is 8.29. The van der Waals surface area contributed by atoms with Crippen molar-refractivity contribution in [2.75, 3.05) is 31.9 Å². The lowest BCUT2D eigenvalue weighted by atomic mass is 9.96. The van der Waals surface area contributed by atoms with Gasteiger partial charge in [0.25, 0.3) is 0 Å². The molecule has 0 amide bonds. The Hall–Kier alpha value is -3.57. The second-order valence-electron chi connectivity index (χ2n) is 13.3. The van der Waals surface area contributed by atoms with Crippen molar-refractivity contribution in [1.82, 2.24) is 29.7 Å². The molecule has 4 unspecified atom stereocenters. The minimum atomic E-state index is -4.27. The number of methoxy groups -OCH3 is 2. The number of carbonyl (C=O) groups is 3. The van der Waals surface area contributed by atoms with E-state index in [1.165, 1.54) is 20.5 Å². The molecule has 0 spiro atoms. The van der Waals surface area contributed by atoms with Gasteiger partial charge in [-0.25, -0.2) is 20.0 Å². The van der Waals surface area contributed by atoms with Crippen molar-refractivity contribution in [2.24, 2.45) is 11.8 Å². The molecular weight excluding hydrogens is 651 g/mol. The number of anilines is 2. The van der Waals surface area contributed by atoms with Crippen LogP contribution in [0.2, 0.25) is 0 Å². The molecule has 0 radical (unpaired) electrons. The first-order chi connectivity index (χ1) is 22.7. The number of nitrogens with zero attached hydrogens (tertiary/aromatic N) is 4. The van der Waals surface area contributed by atoms with Gasteiger partial charge < -0.3 is 39.3 Å². The van der Waals surface area contributed by atoms with Crippen LogP contribution in [0.3, 0.4) is 0 Å². The molecule has 2 aliphatic heterocycles. The maximum Gasteiger partial charge on any atom is 0.509 e. The summed E-state index contributed by atoms with van der Waals surface area (Å²) in [7, 11) is -1.83. The first kappa shape index (κ1) is 35.7. The molecule has 0 bridgehead atoms. The minimum Gasteiger partial charge on any atom is -0.468 e. The van der Waals surface area contributed by atoms with Gasteiger partial charge in [0.05, 0.1) is 27.2 Å². The number of rotatable bonds is 16. The quantitative estimate of drug-likeness (QED) is 0.112. The predicted molar refractivity (Wildman–Crippen MR) is 170 cm³/mol. The second-order valence-corrected chi connectivity index (χ2v) is 15.2. The Kier molecular flexibility index (Phi) is 10.5. The highest BCUT2D eigenvalue weighted by molar-refractivity contribution is 7.54. The summed E-state index contributed by atoms with van der Waals surface area (Å²) in [6, 6.07) is -1.84. The van der Waals surface area contributed by atoms with E-state index in [4.69, 9.17) is 33.9 Å². The van der Waals surface area contributed by atoms with E-state index in [1.54, 1.807) is 11.5 Å². The molecule has 3 fully saturated rings. The summed E-state index contributed by atoms with van der Waals surface area (Å²) in [5, 5.41) is 8.87. The number of imidazole rings is 1. The number of hydrogen-bond acceptors (Lipinski definition) is 15. The molecule has 3 aliphatic rings. The fraction of sp³-hybridized carbons (Fsp3) is 0.724. The highest BCUT2D eigenvalue weighted by Gasteiger charge is 2.64. The van der Waals surface area contributed by atoms with Crippen LogP contribution in [0.4, 0.5) is 16.6 Å². The number of fused-ring (bicyclic) bond motifs is 2. The Morgan fingerprint density at radius 2 is 1.69 bits per heavy atom. The number of esters is 2. The molecule has 18 nitrogen and oxygen atoms in total. The standard InChI is InChI=1S/C29H45N8O10P/c1-14(2)10-17(24(38)42-6)35-48(41,36-18(11-15(3)4)25(39)43-7)44-12-19-21-29(5,47-28(40)46-21)26(45-19)37-13-31-20-22(32-16-8-9-16)33-27(30)34-23(20)37/h13-19,21,26H,8-12H2,1-7H3,(H2,35,36,41)(H3,30,32,33,34)/t17?,18?,19-,21?,26-,29?,48?/m1/s1. The number of aromatic nitrogens is 4. The Morgan fingerprint density at radius 3 is 2.23 bits per heavy atom. The first-order valence-electron chi connectivity index (χ1n) is 15.9. The molecule has 2 aromatic heterocycles. The molecule has 4 heterocycles.